The van der Waals surface area contributed by atoms with Crippen LogP contribution in [0, 0.1) is 0 Å². The summed E-state index contributed by atoms with van der Waals surface area (Å²) in [6, 6.07) is 13.9. The van der Waals surface area contributed by atoms with Crippen molar-refractivity contribution in [2.75, 3.05) is 19.5 Å². The second-order valence-corrected chi connectivity index (χ2v) is 6.91. The number of nitrogens with zero attached hydrogens (tertiary/aromatic N) is 1. The summed E-state index contributed by atoms with van der Waals surface area (Å²) < 4.78 is 12.0. The van der Waals surface area contributed by atoms with Gasteiger partial charge in [-0.3, -0.25) is 0 Å². The van der Waals surface area contributed by atoms with E-state index in [-0.39, 0.29) is 0 Å². The summed E-state index contributed by atoms with van der Waals surface area (Å²) in [5, 5.41) is 1.16. The molecular weight excluding hydrogens is 362 g/mol. The molecule has 0 radical (unpaired) electrons. The Bertz CT molecular complexity index is 686. The van der Waals surface area contributed by atoms with Crippen LogP contribution in [0.2, 0.25) is 0 Å². The molecule has 0 amide bonds. The van der Waals surface area contributed by atoms with Crippen molar-refractivity contribution >= 4 is 38.4 Å². The third kappa shape index (κ3) is 3.84. The highest BCUT2D eigenvalue weighted by Gasteiger charge is 2.14. The van der Waals surface area contributed by atoms with Crippen LogP contribution < -0.4 is 9.47 Å². The Morgan fingerprint density at radius 3 is 2.68 bits per heavy atom. The van der Waals surface area contributed by atoms with E-state index in [0.29, 0.717) is 6.61 Å². The second-order valence-electron chi connectivity index (χ2n) is 4.83. The number of fused-ring (bicyclic) bond motifs is 1. The molecule has 1 heterocycles. The lowest BCUT2D eigenvalue weighted by molar-refractivity contribution is 0.343. The lowest BCUT2D eigenvalue weighted by Crippen LogP contribution is -2.03. The van der Waals surface area contributed by atoms with E-state index in [0.717, 1.165) is 38.9 Å². The van der Waals surface area contributed by atoms with Crippen molar-refractivity contribution in [1.82, 2.24) is 0 Å². The number of hydrogen-bond acceptors (Lipinski definition) is 4. The van der Waals surface area contributed by atoms with Crippen molar-refractivity contribution in [3.63, 3.8) is 0 Å². The molecule has 0 saturated heterocycles. The number of methoxy groups -OCH3 is 1. The number of thioether (sulfide) groups is 1. The number of aliphatic imine (C=N–C) groups is 1. The molecule has 0 bridgehead atoms. The first kappa shape index (κ1) is 15.4. The summed E-state index contributed by atoms with van der Waals surface area (Å²) >= 11 is 5.26. The minimum absolute atomic E-state index is 0.663. The zero-order valence-electron chi connectivity index (χ0n) is 12.2. The normalized spacial score (nSPS) is 12.7. The summed E-state index contributed by atoms with van der Waals surface area (Å²) in [4.78, 5) is 4.65. The van der Waals surface area contributed by atoms with Gasteiger partial charge in [0.25, 0.3) is 0 Å². The van der Waals surface area contributed by atoms with Crippen LogP contribution in [-0.4, -0.2) is 24.5 Å². The lowest BCUT2D eigenvalue weighted by Gasteiger charge is -2.06. The van der Waals surface area contributed by atoms with Crippen molar-refractivity contribution < 1.29 is 9.47 Å². The first-order valence-electron chi connectivity index (χ1n) is 7.00. The van der Waals surface area contributed by atoms with Gasteiger partial charge in [-0.15, -0.1) is 11.8 Å². The van der Waals surface area contributed by atoms with Crippen LogP contribution in [0.3, 0.4) is 0 Å². The Balaban J connectivity index is 1.44. The fourth-order valence-electron chi connectivity index (χ4n) is 2.22. The Kier molecular flexibility index (Phi) is 5.05. The molecule has 0 aromatic heterocycles. The molecule has 2 aromatic rings. The summed E-state index contributed by atoms with van der Waals surface area (Å²) in [7, 11) is 1.66. The van der Waals surface area contributed by atoms with Crippen LogP contribution >= 0.6 is 27.7 Å². The monoisotopic (exact) mass is 377 g/mol. The molecule has 2 aromatic carbocycles. The molecule has 0 atom stereocenters. The molecule has 0 fully saturated rings. The first-order chi connectivity index (χ1) is 10.7. The zero-order valence-corrected chi connectivity index (χ0v) is 14.6. The molecule has 0 aliphatic carbocycles. The molecule has 0 unspecified atom stereocenters. The molecule has 1 aliphatic heterocycles. The lowest BCUT2D eigenvalue weighted by atomic mass is 10.2. The molecule has 5 heteroatoms. The molecule has 3 nitrogen and oxygen atoms in total. The fraction of sp³-hybridized carbons (Fsp3) is 0.235. The quantitative estimate of drug-likeness (QED) is 0.697. The number of hydrogen-bond donors (Lipinski definition) is 0. The topological polar surface area (TPSA) is 30.8 Å². The second kappa shape index (κ2) is 7.20. The maximum absolute atomic E-state index is 5.72. The van der Waals surface area contributed by atoms with Gasteiger partial charge >= 0.3 is 0 Å². The van der Waals surface area contributed by atoms with Crippen molar-refractivity contribution in [3.05, 3.63) is 52.5 Å². The van der Waals surface area contributed by atoms with Crippen LogP contribution in [0.5, 0.6) is 11.5 Å². The molecule has 1 aliphatic rings. The summed E-state index contributed by atoms with van der Waals surface area (Å²) in [6.07, 6.45) is 0.919. The van der Waals surface area contributed by atoms with Gasteiger partial charge < -0.3 is 9.47 Å². The Hall–Kier alpha value is -1.46. The Labute approximate surface area is 142 Å². The molecule has 0 N–H and O–H groups in total. The highest BCUT2D eigenvalue weighted by atomic mass is 79.9. The maximum atomic E-state index is 5.72. The van der Waals surface area contributed by atoms with Crippen LogP contribution in [0.1, 0.15) is 5.56 Å². The maximum Gasteiger partial charge on any atom is 0.119 e. The third-order valence-electron chi connectivity index (χ3n) is 3.31. The SMILES string of the molecule is COc1ccc(OCCSC2=Nc3ccc(Br)cc3C2)cc1. The van der Waals surface area contributed by atoms with Crippen LogP contribution in [-0.2, 0) is 6.42 Å². The highest BCUT2D eigenvalue weighted by Crippen LogP contribution is 2.32. The number of halogens is 1. The van der Waals surface area contributed by atoms with Gasteiger partial charge in [-0.1, -0.05) is 15.9 Å². The van der Waals surface area contributed by atoms with Gasteiger partial charge in [-0.2, -0.15) is 0 Å². The Morgan fingerprint density at radius 1 is 1.14 bits per heavy atom. The fourth-order valence-corrected chi connectivity index (χ4v) is 3.45. The van der Waals surface area contributed by atoms with Crippen molar-refractivity contribution in [2.24, 2.45) is 4.99 Å². The van der Waals surface area contributed by atoms with Gasteiger partial charge in [-0.25, -0.2) is 4.99 Å². The average molecular weight is 378 g/mol. The third-order valence-corrected chi connectivity index (χ3v) is 4.74. The van der Waals surface area contributed by atoms with E-state index in [4.69, 9.17) is 9.47 Å². The molecule has 0 saturated carbocycles. The van der Waals surface area contributed by atoms with E-state index in [1.54, 1.807) is 18.9 Å². The zero-order chi connectivity index (χ0) is 15.4. The summed E-state index contributed by atoms with van der Waals surface area (Å²) in [6.45, 7) is 0.663. The van der Waals surface area contributed by atoms with E-state index < -0.39 is 0 Å². The molecule has 0 spiro atoms. The van der Waals surface area contributed by atoms with Crippen LogP contribution in [0.15, 0.2) is 51.9 Å². The van der Waals surface area contributed by atoms with Gasteiger partial charge in [0.1, 0.15) is 11.5 Å². The Morgan fingerprint density at radius 2 is 1.91 bits per heavy atom. The van der Waals surface area contributed by atoms with E-state index in [1.165, 1.54) is 5.56 Å². The van der Waals surface area contributed by atoms with Gasteiger partial charge in [0.2, 0.25) is 0 Å². The molecule has 3 rings (SSSR count). The van der Waals surface area contributed by atoms with Gasteiger partial charge in [0.15, 0.2) is 0 Å². The van der Waals surface area contributed by atoms with Crippen molar-refractivity contribution in [2.45, 2.75) is 6.42 Å². The number of benzene rings is 2. The predicted molar refractivity (Wildman–Crippen MR) is 95.9 cm³/mol. The molecule has 22 heavy (non-hydrogen) atoms. The predicted octanol–water partition coefficient (Wildman–Crippen LogP) is 4.86. The van der Waals surface area contributed by atoms with Gasteiger partial charge in [0.05, 0.1) is 24.4 Å². The number of ether oxygens (including phenoxy) is 2. The highest BCUT2D eigenvalue weighted by molar-refractivity contribution is 9.10. The first-order valence-corrected chi connectivity index (χ1v) is 8.78. The minimum atomic E-state index is 0.663. The smallest absolute Gasteiger partial charge is 0.119 e. The van der Waals surface area contributed by atoms with Crippen LogP contribution in [0.4, 0.5) is 5.69 Å². The van der Waals surface area contributed by atoms with E-state index in [1.807, 2.05) is 30.3 Å². The van der Waals surface area contributed by atoms with E-state index >= 15 is 0 Å². The molecular formula is C17H16BrNO2S. The van der Waals surface area contributed by atoms with Crippen molar-refractivity contribution in [3.8, 4) is 11.5 Å². The summed E-state index contributed by atoms with van der Waals surface area (Å²) in [5.74, 6) is 2.59. The van der Waals surface area contributed by atoms with Gasteiger partial charge in [-0.05, 0) is 48.0 Å². The van der Waals surface area contributed by atoms with Crippen molar-refractivity contribution in [1.29, 1.82) is 0 Å². The number of rotatable bonds is 5. The van der Waals surface area contributed by atoms with E-state index in [9.17, 15) is 0 Å². The standard InChI is InChI=1S/C17H16BrNO2S/c1-20-14-3-5-15(6-4-14)21-8-9-22-17-11-12-10-13(18)2-7-16(12)19-17/h2-7,10H,8-9,11H2,1H3. The van der Waals surface area contributed by atoms with Gasteiger partial charge in [0, 0.05) is 16.6 Å². The molecule has 114 valence electrons. The van der Waals surface area contributed by atoms with Crippen LogP contribution in [0.25, 0.3) is 0 Å². The minimum Gasteiger partial charge on any atom is -0.497 e. The largest absolute Gasteiger partial charge is 0.497 e. The average Bonchev–Trinajstić information content (AvgIpc) is 2.94. The summed E-state index contributed by atoms with van der Waals surface area (Å²) in [5.41, 5.74) is 2.37. The van der Waals surface area contributed by atoms with E-state index in [2.05, 4.69) is 33.1 Å².